The molecule has 1 aliphatic rings. The van der Waals surface area contributed by atoms with E-state index in [1.807, 2.05) is 49.4 Å². The van der Waals surface area contributed by atoms with Gasteiger partial charge in [0, 0.05) is 10.7 Å². The molecule has 3 rings (SSSR count). The summed E-state index contributed by atoms with van der Waals surface area (Å²) < 4.78 is 5.95. The fourth-order valence-electron chi connectivity index (χ4n) is 3.98. The predicted molar refractivity (Wildman–Crippen MR) is 116 cm³/mol. The maximum atomic E-state index is 13.4. The molecule has 0 bridgehead atoms. The lowest BCUT2D eigenvalue weighted by atomic mass is 9.68. The number of benzene rings is 2. The molecule has 3 nitrogen and oxygen atoms in total. The number of nitrogens with one attached hydrogen (secondary N) is 1. The zero-order chi connectivity index (χ0) is 20.1. The number of rotatable bonds is 6. The molecule has 1 saturated carbocycles. The summed E-state index contributed by atoms with van der Waals surface area (Å²) in [7, 11) is 0. The third kappa shape index (κ3) is 4.52. The molecule has 1 unspecified atom stereocenters. The molecule has 0 radical (unpaired) electrons. The first-order valence-electron chi connectivity index (χ1n) is 10.3. The monoisotopic (exact) mass is 399 g/mol. The highest BCUT2D eigenvalue weighted by Gasteiger charge is 2.41. The number of carbonyl (C=O) groups is 1. The van der Waals surface area contributed by atoms with E-state index in [2.05, 4.69) is 19.2 Å². The number of carbonyl (C=O) groups excluding carboxylic acids is 1. The summed E-state index contributed by atoms with van der Waals surface area (Å²) in [5, 5.41) is 3.87. The van der Waals surface area contributed by atoms with E-state index < -0.39 is 5.41 Å². The van der Waals surface area contributed by atoms with Crippen molar-refractivity contribution in [2.24, 2.45) is 0 Å². The highest BCUT2D eigenvalue weighted by Crippen LogP contribution is 2.41. The number of amides is 1. The molecule has 28 heavy (non-hydrogen) atoms. The van der Waals surface area contributed by atoms with Gasteiger partial charge in [0.15, 0.2) is 0 Å². The molecule has 0 aliphatic heterocycles. The minimum Gasteiger partial charge on any atom is -0.490 e. The van der Waals surface area contributed by atoms with Crippen molar-refractivity contribution in [1.29, 1.82) is 0 Å². The molecule has 4 heteroatoms. The van der Waals surface area contributed by atoms with E-state index in [-0.39, 0.29) is 12.0 Å². The van der Waals surface area contributed by atoms with Crippen LogP contribution in [0.2, 0.25) is 5.02 Å². The van der Waals surface area contributed by atoms with E-state index in [4.69, 9.17) is 16.3 Å². The Hall–Kier alpha value is -2.00. The van der Waals surface area contributed by atoms with E-state index in [1.165, 1.54) is 6.42 Å². The Kier molecular flexibility index (Phi) is 6.66. The van der Waals surface area contributed by atoms with Crippen LogP contribution in [-0.4, -0.2) is 12.0 Å². The van der Waals surface area contributed by atoms with Crippen LogP contribution in [0.1, 0.15) is 63.5 Å². The zero-order valence-corrected chi connectivity index (χ0v) is 17.8. The molecule has 1 N–H and O–H groups in total. The van der Waals surface area contributed by atoms with Gasteiger partial charge in [-0.05, 0) is 74.6 Å². The van der Waals surface area contributed by atoms with E-state index in [0.29, 0.717) is 5.02 Å². The van der Waals surface area contributed by atoms with Gasteiger partial charge in [-0.15, -0.1) is 0 Å². The first-order valence-corrected chi connectivity index (χ1v) is 10.7. The Morgan fingerprint density at radius 3 is 2.43 bits per heavy atom. The number of aryl methyl sites for hydroxylation is 1. The van der Waals surface area contributed by atoms with Crippen molar-refractivity contribution >= 4 is 23.2 Å². The molecule has 1 atom stereocenters. The minimum absolute atomic E-state index is 0.0736. The standard InChI is InChI=1S/C24H30ClNO2/c1-4-18(3)28-22-13-12-21(16-17(22)2)26-23(27)24(14-6-5-7-15-24)19-8-10-20(25)11-9-19/h8-13,16,18H,4-7,14-15H2,1-3H3,(H,26,27). The summed E-state index contributed by atoms with van der Waals surface area (Å²) in [4.78, 5) is 13.4. The topological polar surface area (TPSA) is 38.3 Å². The molecular formula is C24H30ClNO2. The number of hydrogen-bond acceptors (Lipinski definition) is 2. The molecule has 2 aromatic carbocycles. The van der Waals surface area contributed by atoms with Gasteiger partial charge in [0.2, 0.25) is 5.91 Å². The normalized spacial score (nSPS) is 17.0. The molecule has 0 spiro atoms. The van der Waals surface area contributed by atoms with Gasteiger partial charge in [-0.3, -0.25) is 4.79 Å². The SMILES string of the molecule is CCC(C)Oc1ccc(NC(=O)C2(c3ccc(Cl)cc3)CCCCC2)cc1C. The minimum atomic E-state index is -0.483. The molecule has 1 amide bonds. The second-order valence-corrected chi connectivity index (χ2v) is 8.36. The Morgan fingerprint density at radius 2 is 1.82 bits per heavy atom. The van der Waals surface area contributed by atoms with Gasteiger partial charge >= 0.3 is 0 Å². The molecule has 0 saturated heterocycles. The predicted octanol–water partition coefficient (Wildman–Crippen LogP) is 6.67. The van der Waals surface area contributed by atoms with Crippen molar-refractivity contribution in [2.45, 2.75) is 70.8 Å². The van der Waals surface area contributed by atoms with Crippen LogP contribution in [-0.2, 0) is 10.2 Å². The van der Waals surface area contributed by atoms with Crippen molar-refractivity contribution in [3.05, 3.63) is 58.6 Å². The highest BCUT2D eigenvalue weighted by atomic mass is 35.5. The second-order valence-electron chi connectivity index (χ2n) is 7.92. The number of ether oxygens (including phenoxy) is 1. The van der Waals surface area contributed by atoms with Crippen LogP contribution in [0.15, 0.2) is 42.5 Å². The van der Waals surface area contributed by atoms with Crippen molar-refractivity contribution < 1.29 is 9.53 Å². The fraction of sp³-hybridized carbons (Fsp3) is 0.458. The molecule has 2 aromatic rings. The summed E-state index contributed by atoms with van der Waals surface area (Å²) in [6, 6.07) is 13.6. The Bertz CT molecular complexity index is 810. The first kappa shape index (κ1) is 20.7. The molecule has 150 valence electrons. The lowest BCUT2D eigenvalue weighted by molar-refractivity contribution is -0.122. The van der Waals surface area contributed by atoms with E-state index in [9.17, 15) is 4.79 Å². The van der Waals surface area contributed by atoms with E-state index >= 15 is 0 Å². The first-order chi connectivity index (χ1) is 13.4. The molecular weight excluding hydrogens is 370 g/mol. The molecule has 0 aromatic heterocycles. The van der Waals surface area contributed by atoms with E-state index in [0.717, 1.165) is 54.7 Å². The molecule has 1 fully saturated rings. The van der Waals surface area contributed by atoms with Crippen LogP contribution in [0, 0.1) is 6.92 Å². The molecule has 1 aliphatic carbocycles. The smallest absolute Gasteiger partial charge is 0.235 e. The summed E-state index contributed by atoms with van der Waals surface area (Å²) in [5.41, 5.74) is 2.42. The largest absolute Gasteiger partial charge is 0.490 e. The number of anilines is 1. The molecule has 0 heterocycles. The average molecular weight is 400 g/mol. The fourth-order valence-corrected chi connectivity index (χ4v) is 4.11. The Labute approximate surface area is 173 Å². The summed E-state index contributed by atoms with van der Waals surface area (Å²) in [6.45, 7) is 6.19. The maximum absolute atomic E-state index is 13.4. The van der Waals surface area contributed by atoms with E-state index in [1.54, 1.807) is 0 Å². The van der Waals surface area contributed by atoms with Gasteiger partial charge < -0.3 is 10.1 Å². The lowest BCUT2D eigenvalue weighted by Crippen LogP contribution is -2.42. The second kappa shape index (κ2) is 9.00. The lowest BCUT2D eigenvalue weighted by Gasteiger charge is -2.36. The van der Waals surface area contributed by atoms with Crippen molar-refractivity contribution in [2.75, 3.05) is 5.32 Å². The van der Waals surface area contributed by atoms with Crippen molar-refractivity contribution in [3.8, 4) is 5.75 Å². The van der Waals surface area contributed by atoms with Crippen LogP contribution in [0.3, 0.4) is 0 Å². The Morgan fingerprint density at radius 1 is 1.14 bits per heavy atom. The summed E-state index contributed by atoms with van der Waals surface area (Å²) in [5.74, 6) is 0.946. The summed E-state index contributed by atoms with van der Waals surface area (Å²) >= 11 is 6.07. The maximum Gasteiger partial charge on any atom is 0.235 e. The van der Waals surface area contributed by atoms with Gasteiger partial charge in [0.25, 0.3) is 0 Å². The van der Waals surface area contributed by atoms with Crippen LogP contribution in [0.25, 0.3) is 0 Å². The van der Waals surface area contributed by atoms with Crippen LogP contribution in [0.4, 0.5) is 5.69 Å². The quantitative estimate of drug-likeness (QED) is 0.589. The van der Waals surface area contributed by atoms with Gasteiger partial charge in [-0.1, -0.05) is 49.9 Å². The number of hydrogen-bond donors (Lipinski definition) is 1. The zero-order valence-electron chi connectivity index (χ0n) is 17.1. The van der Waals surface area contributed by atoms with Gasteiger partial charge in [0.1, 0.15) is 5.75 Å². The Balaban J connectivity index is 1.82. The van der Waals surface area contributed by atoms with Crippen LogP contribution in [0.5, 0.6) is 5.75 Å². The average Bonchev–Trinajstić information content (AvgIpc) is 2.71. The third-order valence-corrected chi connectivity index (χ3v) is 6.13. The van der Waals surface area contributed by atoms with Gasteiger partial charge in [0.05, 0.1) is 11.5 Å². The van der Waals surface area contributed by atoms with Crippen molar-refractivity contribution in [3.63, 3.8) is 0 Å². The van der Waals surface area contributed by atoms with Crippen LogP contribution < -0.4 is 10.1 Å². The third-order valence-electron chi connectivity index (χ3n) is 5.87. The van der Waals surface area contributed by atoms with Crippen LogP contribution >= 0.6 is 11.6 Å². The number of halogens is 1. The highest BCUT2D eigenvalue weighted by molar-refractivity contribution is 6.30. The van der Waals surface area contributed by atoms with Gasteiger partial charge in [-0.25, -0.2) is 0 Å². The van der Waals surface area contributed by atoms with Crippen molar-refractivity contribution in [1.82, 2.24) is 0 Å². The van der Waals surface area contributed by atoms with Gasteiger partial charge in [-0.2, -0.15) is 0 Å². The summed E-state index contributed by atoms with van der Waals surface area (Å²) in [6.07, 6.45) is 6.19.